The average molecular weight is 344 g/mol. The maximum absolute atomic E-state index is 12.2. The number of rotatable bonds is 6. The monoisotopic (exact) mass is 343 g/mol. The van der Waals surface area contributed by atoms with Crippen LogP contribution in [0.15, 0.2) is 48.5 Å². The fraction of sp³-hybridized carbons (Fsp3) is 0.222. The van der Waals surface area contributed by atoms with Crippen LogP contribution in [-0.4, -0.2) is 22.8 Å². The van der Waals surface area contributed by atoms with Crippen molar-refractivity contribution in [1.82, 2.24) is 9.78 Å². The molecule has 1 N–H and O–H groups in total. The largest absolute Gasteiger partial charge is 0.380 e. The number of para-hydroxylation sites is 1. The van der Waals surface area contributed by atoms with Crippen molar-refractivity contribution in [2.24, 2.45) is 0 Å². The number of carbonyl (C=O) groups is 1. The number of nitrogens with zero attached hydrogens (tertiary/aromatic N) is 2. The quantitative estimate of drug-likeness (QED) is 0.739. The summed E-state index contributed by atoms with van der Waals surface area (Å²) in [4.78, 5) is 12.2. The van der Waals surface area contributed by atoms with Crippen LogP contribution < -0.4 is 5.32 Å². The van der Waals surface area contributed by atoms with Crippen LogP contribution >= 0.6 is 11.6 Å². The van der Waals surface area contributed by atoms with Gasteiger partial charge in [0.2, 0.25) is 5.91 Å². The van der Waals surface area contributed by atoms with E-state index >= 15 is 0 Å². The highest BCUT2D eigenvalue weighted by Gasteiger charge is 2.10. The highest BCUT2D eigenvalue weighted by Crippen LogP contribution is 2.22. The Morgan fingerprint density at radius 3 is 2.92 bits per heavy atom. The minimum atomic E-state index is -0.0692. The first-order valence-corrected chi connectivity index (χ1v) is 8.04. The fourth-order valence-corrected chi connectivity index (χ4v) is 2.84. The molecular formula is C18H18ClN3O2. The number of methoxy groups -OCH3 is 1. The van der Waals surface area contributed by atoms with E-state index in [1.165, 1.54) is 0 Å². The van der Waals surface area contributed by atoms with Gasteiger partial charge in [0, 0.05) is 24.6 Å². The number of benzene rings is 2. The molecule has 1 heterocycles. The highest BCUT2D eigenvalue weighted by atomic mass is 35.5. The van der Waals surface area contributed by atoms with Crippen molar-refractivity contribution in [3.8, 4) is 0 Å². The van der Waals surface area contributed by atoms with Crippen molar-refractivity contribution in [3.63, 3.8) is 0 Å². The summed E-state index contributed by atoms with van der Waals surface area (Å²) in [5.74, 6) is -0.0692. The summed E-state index contributed by atoms with van der Waals surface area (Å²) in [6.45, 7) is 0.984. The summed E-state index contributed by atoms with van der Waals surface area (Å²) in [6, 6.07) is 15.3. The number of fused-ring (bicyclic) bond motifs is 1. The van der Waals surface area contributed by atoms with Crippen LogP contribution in [0.4, 0.5) is 5.69 Å². The molecule has 5 nitrogen and oxygen atoms in total. The second kappa shape index (κ2) is 7.47. The molecule has 0 saturated carbocycles. The Balaban J connectivity index is 1.64. The second-order valence-electron chi connectivity index (χ2n) is 5.46. The Bertz CT molecular complexity index is 860. The maximum atomic E-state index is 12.2. The minimum Gasteiger partial charge on any atom is -0.380 e. The van der Waals surface area contributed by atoms with E-state index in [-0.39, 0.29) is 5.91 Å². The number of anilines is 1. The van der Waals surface area contributed by atoms with Crippen LogP contribution in [-0.2, 0) is 22.7 Å². The number of amides is 1. The number of ether oxygens (including phenoxy) is 1. The molecule has 0 fully saturated rings. The third kappa shape index (κ3) is 3.75. The van der Waals surface area contributed by atoms with Gasteiger partial charge in [0.1, 0.15) is 0 Å². The lowest BCUT2D eigenvalue weighted by molar-refractivity contribution is -0.116. The Morgan fingerprint density at radius 2 is 2.08 bits per heavy atom. The molecule has 0 aliphatic carbocycles. The number of hydrogen-bond donors (Lipinski definition) is 1. The Hall–Kier alpha value is -2.37. The minimum absolute atomic E-state index is 0.0692. The van der Waals surface area contributed by atoms with Crippen LogP contribution in [0.3, 0.4) is 0 Å². The number of aryl methyl sites for hydroxylation is 1. The van der Waals surface area contributed by atoms with Gasteiger partial charge in [-0.15, -0.1) is 0 Å². The molecule has 1 amide bonds. The van der Waals surface area contributed by atoms with E-state index in [2.05, 4.69) is 10.4 Å². The van der Waals surface area contributed by atoms with Gasteiger partial charge >= 0.3 is 0 Å². The summed E-state index contributed by atoms with van der Waals surface area (Å²) in [7, 11) is 1.64. The van der Waals surface area contributed by atoms with Gasteiger partial charge in [-0.3, -0.25) is 9.48 Å². The number of halogens is 1. The first-order chi connectivity index (χ1) is 11.7. The van der Waals surface area contributed by atoms with Crippen molar-refractivity contribution in [3.05, 3.63) is 59.2 Å². The van der Waals surface area contributed by atoms with Crippen molar-refractivity contribution < 1.29 is 9.53 Å². The van der Waals surface area contributed by atoms with E-state index < -0.39 is 0 Å². The van der Waals surface area contributed by atoms with Gasteiger partial charge in [-0.2, -0.15) is 5.10 Å². The lowest BCUT2D eigenvalue weighted by atomic mass is 10.2. The lowest BCUT2D eigenvalue weighted by Crippen LogP contribution is -2.15. The zero-order valence-electron chi connectivity index (χ0n) is 13.3. The van der Waals surface area contributed by atoms with E-state index in [4.69, 9.17) is 16.3 Å². The van der Waals surface area contributed by atoms with Gasteiger partial charge in [-0.1, -0.05) is 35.9 Å². The Morgan fingerprint density at radius 1 is 1.25 bits per heavy atom. The van der Waals surface area contributed by atoms with Gasteiger partial charge in [0.15, 0.2) is 5.15 Å². The van der Waals surface area contributed by atoms with Gasteiger partial charge in [0.05, 0.1) is 18.7 Å². The summed E-state index contributed by atoms with van der Waals surface area (Å²) < 4.78 is 6.86. The molecule has 3 aromatic rings. The average Bonchev–Trinajstić information content (AvgIpc) is 2.90. The molecule has 0 aliphatic heterocycles. The molecule has 0 atom stereocenters. The molecule has 1 aromatic heterocycles. The molecule has 24 heavy (non-hydrogen) atoms. The van der Waals surface area contributed by atoms with Crippen LogP contribution in [0.25, 0.3) is 10.9 Å². The van der Waals surface area contributed by atoms with E-state index in [1.807, 2.05) is 48.5 Å². The number of aromatic nitrogens is 2. The zero-order valence-corrected chi connectivity index (χ0v) is 14.1. The smallest absolute Gasteiger partial charge is 0.226 e. The van der Waals surface area contributed by atoms with E-state index in [0.717, 1.165) is 22.2 Å². The van der Waals surface area contributed by atoms with Gasteiger partial charge < -0.3 is 10.1 Å². The van der Waals surface area contributed by atoms with Crippen LogP contribution in [0.5, 0.6) is 0 Å². The Labute approximate surface area is 145 Å². The first kappa shape index (κ1) is 16.5. The van der Waals surface area contributed by atoms with Crippen molar-refractivity contribution in [2.45, 2.75) is 19.6 Å². The maximum Gasteiger partial charge on any atom is 0.226 e. The zero-order chi connectivity index (χ0) is 16.9. The molecular weight excluding hydrogens is 326 g/mol. The highest BCUT2D eigenvalue weighted by molar-refractivity contribution is 6.34. The molecule has 2 aromatic carbocycles. The molecule has 0 unspecified atom stereocenters. The van der Waals surface area contributed by atoms with E-state index in [1.54, 1.807) is 11.8 Å². The molecule has 0 saturated heterocycles. The lowest BCUT2D eigenvalue weighted by Gasteiger charge is -2.08. The topological polar surface area (TPSA) is 56.1 Å². The van der Waals surface area contributed by atoms with Gasteiger partial charge in [-0.05, 0) is 29.8 Å². The van der Waals surface area contributed by atoms with Crippen molar-refractivity contribution >= 4 is 34.1 Å². The standard InChI is InChI=1S/C18H18ClN3O2/c1-24-12-13-5-4-6-14(11-13)20-17(23)9-10-22-16-8-3-2-7-15(16)18(19)21-22/h2-8,11H,9-10,12H2,1H3,(H,20,23). The molecule has 0 spiro atoms. The number of carbonyl (C=O) groups excluding carboxylic acids is 1. The summed E-state index contributed by atoms with van der Waals surface area (Å²) >= 11 is 6.13. The second-order valence-corrected chi connectivity index (χ2v) is 5.82. The summed E-state index contributed by atoms with van der Waals surface area (Å²) in [5, 5.41) is 8.54. The molecule has 0 radical (unpaired) electrons. The predicted octanol–water partition coefficient (Wildman–Crippen LogP) is 3.86. The molecule has 3 rings (SSSR count). The van der Waals surface area contributed by atoms with Gasteiger partial charge in [-0.25, -0.2) is 0 Å². The predicted molar refractivity (Wildman–Crippen MR) is 95.1 cm³/mol. The van der Waals surface area contributed by atoms with E-state index in [0.29, 0.717) is 24.7 Å². The number of hydrogen-bond acceptors (Lipinski definition) is 3. The molecule has 6 heteroatoms. The number of nitrogens with one attached hydrogen (secondary N) is 1. The first-order valence-electron chi connectivity index (χ1n) is 7.66. The Kier molecular flexibility index (Phi) is 5.13. The molecule has 0 bridgehead atoms. The summed E-state index contributed by atoms with van der Waals surface area (Å²) in [5.41, 5.74) is 2.70. The van der Waals surface area contributed by atoms with Gasteiger partial charge in [0.25, 0.3) is 0 Å². The molecule has 0 aliphatic rings. The van der Waals surface area contributed by atoms with E-state index in [9.17, 15) is 4.79 Å². The summed E-state index contributed by atoms with van der Waals surface area (Å²) in [6.07, 6.45) is 0.316. The van der Waals surface area contributed by atoms with Crippen LogP contribution in [0.2, 0.25) is 5.15 Å². The third-order valence-corrected chi connectivity index (χ3v) is 3.96. The third-order valence-electron chi connectivity index (χ3n) is 3.69. The fourth-order valence-electron chi connectivity index (χ4n) is 2.59. The van der Waals surface area contributed by atoms with Crippen LogP contribution in [0.1, 0.15) is 12.0 Å². The van der Waals surface area contributed by atoms with Crippen LogP contribution in [0, 0.1) is 0 Å². The van der Waals surface area contributed by atoms with Crippen molar-refractivity contribution in [1.29, 1.82) is 0 Å². The molecule has 124 valence electrons. The SMILES string of the molecule is COCc1cccc(NC(=O)CCn2nc(Cl)c3ccccc32)c1. The normalized spacial score (nSPS) is 10.9. The van der Waals surface area contributed by atoms with Crippen molar-refractivity contribution in [2.75, 3.05) is 12.4 Å².